The Bertz CT molecular complexity index is 1820. The van der Waals surface area contributed by atoms with Crippen molar-refractivity contribution in [2.75, 3.05) is 47.5 Å². The number of allylic oxidation sites excluding steroid dienone is 8. The number of carboxylic acids is 1. The van der Waals surface area contributed by atoms with Crippen LogP contribution in [0.15, 0.2) is 48.6 Å². The van der Waals surface area contributed by atoms with Gasteiger partial charge in [0.15, 0.2) is 12.4 Å². The summed E-state index contributed by atoms with van der Waals surface area (Å²) in [5, 5.41) is 11.9. The molecular weight excluding hydrogens is 1260 g/mol. The van der Waals surface area contributed by atoms with Gasteiger partial charge < -0.3 is 33.3 Å². The van der Waals surface area contributed by atoms with Crippen LogP contribution >= 0.6 is 0 Å². The molecule has 9 heteroatoms. The molecule has 0 aromatic heterocycles. The lowest BCUT2D eigenvalue weighted by atomic mass is 10.0. The van der Waals surface area contributed by atoms with Gasteiger partial charge in [-0.1, -0.05) is 454 Å². The summed E-state index contributed by atoms with van der Waals surface area (Å²) < 4.78 is 22.9. The predicted octanol–water partition coefficient (Wildman–Crippen LogP) is 28.2. The maximum absolute atomic E-state index is 13.0. The summed E-state index contributed by atoms with van der Waals surface area (Å²) in [6.45, 7) is 4.73. The minimum Gasteiger partial charge on any atom is -0.545 e. The molecule has 2 unspecified atom stereocenters. The number of hydrogen-bond donors (Lipinski definition) is 0. The van der Waals surface area contributed by atoms with Crippen LogP contribution in [0, 0.1) is 0 Å². The fraction of sp³-hybridized carbons (Fsp3) is 0.882. The Kier molecular flexibility index (Phi) is 81.6. The molecule has 0 N–H and O–H groups in total. The van der Waals surface area contributed by atoms with E-state index < -0.39 is 24.3 Å². The molecule has 0 aliphatic rings. The molecule has 0 fully saturated rings. The molecule has 102 heavy (non-hydrogen) atoms. The van der Waals surface area contributed by atoms with Crippen LogP contribution in [0.1, 0.15) is 470 Å². The van der Waals surface area contributed by atoms with Gasteiger partial charge in [0.1, 0.15) is 13.2 Å². The molecule has 600 valence electrons. The lowest BCUT2D eigenvalue weighted by Gasteiger charge is -2.26. The second kappa shape index (κ2) is 83.9. The van der Waals surface area contributed by atoms with Crippen LogP contribution < -0.4 is 5.11 Å². The van der Waals surface area contributed by atoms with Crippen molar-refractivity contribution in [3.63, 3.8) is 0 Å². The molecule has 0 rings (SSSR count). The first kappa shape index (κ1) is 99.2. The molecule has 0 heterocycles. The number of carbonyl (C=O) groups excluding carboxylic acids is 3. The molecule has 0 aliphatic carbocycles. The van der Waals surface area contributed by atoms with Crippen molar-refractivity contribution in [2.45, 2.75) is 482 Å². The lowest BCUT2D eigenvalue weighted by molar-refractivity contribution is -0.870. The van der Waals surface area contributed by atoms with E-state index in [9.17, 15) is 19.5 Å². The van der Waals surface area contributed by atoms with E-state index >= 15 is 0 Å². The van der Waals surface area contributed by atoms with E-state index in [-0.39, 0.29) is 32.2 Å². The Balaban J connectivity index is 3.88. The number of carbonyl (C=O) groups is 3. The molecule has 0 aromatic rings. The molecule has 0 aromatic carbocycles. The molecule has 0 spiro atoms. The van der Waals surface area contributed by atoms with Gasteiger partial charge in [-0.3, -0.25) is 9.59 Å². The van der Waals surface area contributed by atoms with E-state index in [1.54, 1.807) is 0 Å². The number of ether oxygens (including phenoxy) is 4. The Morgan fingerprint density at radius 3 is 0.833 bits per heavy atom. The average molecular weight is 1440 g/mol. The number of quaternary nitrogens is 1. The molecule has 0 bridgehead atoms. The number of aliphatic carboxylic acids is 1. The van der Waals surface area contributed by atoms with E-state index in [2.05, 4.69) is 62.5 Å². The fourth-order valence-corrected chi connectivity index (χ4v) is 14.0. The molecule has 0 saturated carbocycles. The summed E-state index contributed by atoms with van der Waals surface area (Å²) in [6, 6.07) is 0. The highest BCUT2D eigenvalue weighted by Crippen LogP contribution is 2.21. The summed E-state index contributed by atoms with van der Waals surface area (Å²) in [5.74, 6) is -2.24. The predicted molar refractivity (Wildman–Crippen MR) is 440 cm³/mol. The van der Waals surface area contributed by atoms with Crippen molar-refractivity contribution in [2.24, 2.45) is 0 Å². The van der Waals surface area contributed by atoms with Gasteiger partial charge in [0.05, 0.1) is 40.3 Å². The quantitative estimate of drug-likeness (QED) is 0.0195. The minimum absolute atomic E-state index is 0.152. The molecular formula is C93H175NO8. The topological polar surface area (TPSA) is 111 Å². The highest BCUT2D eigenvalue weighted by Gasteiger charge is 2.22. The molecule has 0 radical (unpaired) electrons. The second-order valence-corrected chi connectivity index (χ2v) is 32.2. The van der Waals surface area contributed by atoms with E-state index in [0.29, 0.717) is 17.4 Å². The molecule has 0 amide bonds. The number of carboxylic acid groups (broad SMARTS) is 1. The van der Waals surface area contributed by atoms with E-state index in [0.717, 1.165) is 64.2 Å². The Morgan fingerprint density at radius 2 is 0.559 bits per heavy atom. The van der Waals surface area contributed by atoms with Gasteiger partial charge >= 0.3 is 11.9 Å². The standard InChI is InChI=1S/C93H175NO8/c1-6-8-10-12-14-16-18-20-22-24-26-28-30-32-34-36-38-40-42-44-45-46-47-48-50-52-54-56-58-60-62-64-66-68-70-72-74-76-78-80-82-84-91(96)102-89(88-101-93(92(97)98)99-86-85-94(3,4)5)87-100-90(95)83-81-79-77-75-73-71-69-67-65-63-61-59-57-55-53-51-49-43-41-39-37-35-33-31-29-27-25-23-21-19-17-15-13-11-9-7-2/h8,10,14,16,20,22,26,28,89,93H,6-7,9,11-13,15,17-19,21,23-25,27,29-88H2,1-5H3/b10-8-,16-14-,22-20-,28-26-. The van der Waals surface area contributed by atoms with Crippen molar-refractivity contribution in [3.05, 3.63) is 48.6 Å². The van der Waals surface area contributed by atoms with E-state index in [4.69, 9.17) is 18.9 Å². The fourth-order valence-electron chi connectivity index (χ4n) is 14.0. The van der Waals surface area contributed by atoms with E-state index in [1.165, 1.54) is 379 Å². The van der Waals surface area contributed by atoms with Crippen LogP contribution in [-0.4, -0.2) is 82.3 Å². The zero-order valence-corrected chi connectivity index (χ0v) is 69.0. The monoisotopic (exact) mass is 1430 g/mol. The minimum atomic E-state index is -1.62. The smallest absolute Gasteiger partial charge is 0.306 e. The summed E-state index contributed by atoms with van der Waals surface area (Å²) in [4.78, 5) is 37.7. The van der Waals surface area contributed by atoms with Crippen molar-refractivity contribution >= 4 is 17.9 Å². The highest BCUT2D eigenvalue weighted by atomic mass is 16.7. The second-order valence-electron chi connectivity index (χ2n) is 32.2. The zero-order valence-electron chi connectivity index (χ0n) is 69.0. The Hall–Kier alpha value is -2.75. The van der Waals surface area contributed by atoms with Crippen LogP contribution in [0.4, 0.5) is 0 Å². The van der Waals surface area contributed by atoms with Crippen LogP contribution in [-0.2, 0) is 33.3 Å². The van der Waals surface area contributed by atoms with Crippen molar-refractivity contribution < 1.29 is 42.9 Å². The van der Waals surface area contributed by atoms with Gasteiger partial charge in [-0.2, -0.15) is 0 Å². The summed E-state index contributed by atoms with van der Waals surface area (Å²) in [6.07, 6.45) is 109. The molecule has 0 saturated heterocycles. The number of likely N-dealkylation sites (N-methyl/N-ethyl adjacent to an activating group) is 1. The maximum atomic E-state index is 13.0. The average Bonchev–Trinajstić information content (AvgIpc) is 0.999. The van der Waals surface area contributed by atoms with Gasteiger partial charge in [0, 0.05) is 12.8 Å². The lowest BCUT2D eigenvalue weighted by Crippen LogP contribution is -2.44. The molecule has 9 nitrogen and oxygen atoms in total. The third-order valence-corrected chi connectivity index (χ3v) is 20.8. The summed E-state index contributed by atoms with van der Waals surface area (Å²) in [7, 11) is 5.96. The highest BCUT2D eigenvalue weighted by molar-refractivity contribution is 5.70. The number of nitrogens with zero attached hydrogens (tertiary/aromatic N) is 1. The van der Waals surface area contributed by atoms with Gasteiger partial charge in [-0.15, -0.1) is 0 Å². The van der Waals surface area contributed by atoms with Crippen molar-refractivity contribution in [1.82, 2.24) is 0 Å². The first-order chi connectivity index (χ1) is 50.1. The normalized spacial score (nSPS) is 12.8. The summed E-state index contributed by atoms with van der Waals surface area (Å²) >= 11 is 0. The first-order valence-corrected chi connectivity index (χ1v) is 45.3. The number of esters is 2. The molecule has 0 aliphatic heterocycles. The third-order valence-electron chi connectivity index (χ3n) is 20.8. The van der Waals surface area contributed by atoms with E-state index in [1.807, 2.05) is 21.1 Å². The number of rotatable bonds is 86. The van der Waals surface area contributed by atoms with Crippen LogP contribution in [0.5, 0.6) is 0 Å². The maximum Gasteiger partial charge on any atom is 0.306 e. The zero-order chi connectivity index (χ0) is 73.9. The number of unbranched alkanes of at least 4 members (excludes halogenated alkanes) is 63. The van der Waals surface area contributed by atoms with Crippen LogP contribution in [0.2, 0.25) is 0 Å². The van der Waals surface area contributed by atoms with Crippen LogP contribution in [0.25, 0.3) is 0 Å². The Labute approximate surface area is 635 Å². The summed E-state index contributed by atoms with van der Waals surface area (Å²) in [5.41, 5.74) is 0. The van der Waals surface area contributed by atoms with Crippen molar-refractivity contribution in [1.29, 1.82) is 0 Å². The number of hydrogen-bond acceptors (Lipinski definition) is 8. The third kappa shape index (κ3) is 84.5. The van der Waals surface area contributed by atoms with Gasteiger partial charge in [0.25, 0.3) is 0 Å². The molecule has 2 atom stereocenters. The van der Waals surface area contributed by atoms with Gasteiger partial charge in [0.2, 0.25) is 0 Å². The van der Waals surface area contributed by atoms with Gasteiger partial charge in [-0.05, 0) is 51.4 Å². The van der Waals surface area contributed by atoms with Gasteiger partial charge in [-0.25, -0.2) is 0 Å². The SMILES string of the molecule is CC/C=C\C/C=C\C/C=C\C/C=C\CCCCCCCCCCCCCCCCCCCCCCCCCCCCCCC(=O)OC(COC(=O)CCCCCCCCCCCCCCCCCCCCCCCCCCCCCCCCCCCCCC)COC(OCC[N+](C)(C)C)C(=O)[O-]. The van der Waals surface area contributed by atoms with Crippen molar-refractivity contribution in [3.8, 4) is 0 Å². The Morgan fingerprint density at radius 1 is 0.304 bits per heavy atom. The largest absolute Gasteiger partial charge is 0.545 e. The van der Waals surface area contributed by atoms with Crippen LogP contribution in [0.3, 0.4) is 0 Å². The first-order valence-electron chi connectivity index (χ1n) is 45.3.